The lowest BCUT2D eigenvalue weighted by Crippen LogP contribution is -2.23. The number of hydrogen-bond acceptors (Lipinski definition) is 5. The molecule has 0 atom stereocenters. The monoisotopic (exact) mass is 437 g/mol. The third-order valence-corrected chi connectivity index (χ3v) is 6.20. The number of thiazole rings is 1. The van der Waals surface area contributed by atoms with Crippen LogP contribution in [0.15, 0.2) is 58.8 Å². The molecule has 0 radical (unpaired) electrons. The van der Waals surface area contributed by atoms with Crippen LogP contribution < -0.4 is 10.0 Å². The predicted octanol–water partition coefficient (Wildman–Crippen LogP) is 3.47. The van der Waals surface area contributed by atoms with Gasteiger partial charge in [0.15, 0.2) is 5.13 Å². The molecule has 1 heterocycles. The zero-order chi connectivity index (χ0) is 20.9. The van der Waals surface area contributed by atoms with E-state index in [1.165, 1.54) is 12.1 Å². The Kier molecular flexibility index (Phi) is 6.55. The number of hydrogen-bond donors (Lipinski definition) is 2. The van der Waals surface area contributed by atoms with E-state index in [0.717, 1.165) is 41.2 Å². The van der Waals surface area contributed by atoms with Crippen LogP contribution in [-0.4, -0.2) is 19.3 Å². The van der Waals surface area contributed by atoms with Gasteiger partial charge in [-0.3, -0.25) is 9.52 Å². The van der Waals surface area contributed by atoms with Crippen LogP contribution in [0.2, 0.25) is 0 Å². The Morgan fingerprint density at radius 2 is 1.62 bits per heavy atom. The fourth-order valence-corrected chi connectivity index (χ4v) is 4.39. The number of carbonyl (C=O) groups excluding carboxylic acids is 1. The highest BCUT2D eigenvalue weighted by Crippen LogP contribution is 2.21. The summed E-state index contributed by atoms with van der Waals surface area (Å²) >= 11 is 1.09. The highest BCUT2D eigenvalue weighted by Gasteiger charge is 2.16. The van der Waals surface area contributed by atoms with Gasteiger partial charge in [0, 0.05) is 18.3 Å². The third-order valence-electron chi connectivity index (χ3n) is 3.91. The maximum Gasteiger partial charge on any atom is 0.263 e. The first-order valence-electron chi connectivity index (χ1n) is 8.56. The summed E-state index contributed by atoms with van der Waals surface area (Å²) in [5.41, 5.74) is 1.36. The van der Waals surface area contributed by atoms with Gasteiger partial charge in [-0.1, -0.05) is 12.1 Å². The number of carbonyl (C=O) groups is 1. The molecular formula is C19H17F2N3O3S2. The Hall–Kier alpha value is -2.85. The summed E-state index contributed by atoms with van der Waals surface area (Å²) in [6.45, 7) is 0.291. The molecule has 3 rings (SSSR count). The first kappa shape index (κ1) is 20.9. The van der Waals surface area contributed by atoms with Gasteiger partial charge in [-0.25, -0.2) is 22.2 Å². The summed E-state index contributed by atoms with van der Waals surface area (Å²) in [7, 11) is -3.87. The van der Waals surface area contributed by atoms with Crippen LogP contribution in [0.25, 0.3) is 0 Å². The molecule has 0 aliphatic heterocycles. The third kappa shape index (κ3) is 6.06. The molecule has 0 aliphatic rings. The highest BCUT2D eigenvalue weighted by atomic mass is 32.2. The van der Waals surface area contributed by atoms with Crippen LogP contribution in [0.4, 0.5) is 13.9 Å². The number of benzene rings is 2. The minimum absolute atomic E-state index is 0.0733. The summed E-state index contributed by atoms with van der Waals surface area (Å²) in [5, 5.41) is 4.56. The molecule has 2 aromatic carbocycles. The lowest BCUT2D eigenvalue weighted by molar-refractivity contribution is -0.121. The molecule has 0 bridgehead atoms. The molecule has 2 N–H and O–H groups in total. The summed E-state index contributed by atoms with van der Waals surface area (Å²) in [4.78, 5) is 16.1. The van der Waals surface area contributed by atoms with Crippen LogP contribution in [0, 0.1) is 11.6 Å². The molecule has 0 saturated heterocycles. The van der Waals surface area contributed by atoms with E-state index in [9.17, 15) is 22.0 Å². The van der Waals surface area contributed by atoms with Crippen molar-refractivity contribution in [2.24, 2.45) is 0 Å². The molecular weight excluding hydrogens is 420 g/mol. The number of nitrogens with one attached hydrogen (secondary N) is 2. The molecule has 1 amide bonds. The first-order chi connectivity index (χ1) is 13.8. The maximum atomic E-state index is 12.9. The second-order valence-electron chi connectivity index (χ2n) is 6.11. The Morgan fingerprint density at radius 1 is 1.00 bits per heavy atom. The van der Waals surface area contributed by atoms with Crippen molar-refractivity contribution in [2.45, 2.75) is 24.3 Å². The molecule has 10 heteroatoms. The van der Waals surface area contributed by atoms with E-state index in [0.29, 0.717) is 18.7 Å². The van der Waals surface area contributed by atoms with Crippen molar-refractivity contribution in [2.75, 3.05) is 4.72 Å². The van der Waals surface area contributed by atoms with E-state index < -0.39 is 15.8 Å². The molecule has 0 unspecified atom stereocenters. The second-order valence-corrected chi connectivity index (χ2v) is 8.65. The average Bonchev–Trinajstić information content (AvgIpc) is 3.13. The van der Waals surface area contributed by atoms with Crippen LogP contribution in [-0.2, 0) is 27.8 Å². The molecule has 0 aliphatic carbocycles. The van der Waals surface area contributed by atoms with Crippen molar-refractivity contribution in [1.82, 2.24) is 10.3 Å². The van der Waals surface area contributed by atoms with E-state index in [1.807, 2.05) is 0 Å². The van der Waals surface area contributed by atoms with Gasteiger partial charge in [-0.2, -0.15) is 0 Å². The van der Waals surface area contributed by atoms with Crippen LogP contribution in [0.1, 0.15) is 17.7 Å². The molecule has 3 aromatic rings. The van der Waals surface area contributed by atoms with Gasteiger partial charge < -0.3 is 5.32 Å². The molecule has 0 fully saturated rings. The topological polar surface area (TPSA) is 88.2 Å². The smallest absolute Gasteiger partial charge is 0.263 e. The average molecular weight is 437 g/mol. The van der Waals surface area contributed by atoms with Crippen molar-refractivity contribution < 1.29 is 22.0 Å². The first-order valence-corrected chi connectivity index (χ1v) is 10.9. The Morgan fingerprint density at radius 3 is 2.28 bits per heavy atom. The van der Waals surface area contributed by atoms with Gasteiger partial charge in [0.05, 0.1) is 10.6 Å². The molecule has 0 spiro atoms. The van der Waals surface area contributed by atoms with Crippen molar-refractivity contribution in [1.29, 1.82) is 0 Å². The van der Waals surface area contributed by atoms with Crippen molar-refractivity contribution in [3.05, 3.63) is 76.8 Å². The maximum absolute atomic E-state index is 12.9. The number of rotatable bonds is 8. The predicted molar refractivity (Wildman–Crippen MR) is 106 cm³/mol. The second kappa shape index (κ2) is 9.10. The summed E-state index contributed by atoms with van der Waals surface area (Å²) < 4.78 is 52.7. The lowest BCUT2D eigenvalue weighted by Gasteiger charge is -2.05. The number of sulfonamides is 1. The van der Waals surface area contributed by atoms with Crippen LogP contribution in [0.5, 0.6) is 0 Å². The SMILES string of the molecule is O=C(CCc1csc(NS(=O)(=O)c2ccc(F)cc2)n1)NCc1ccc(F)cc1. The summed E-state index contributed by atoms with van der Waals surface area (Å²) in [5.74, 6) is -1.07. The van der Waals surface area contributed by atoms with Gasteiger partial charge in [-0.05, 0) is 48.4 Å². The Balaban J connectivity index is 1.50. The molecule has 152 valence electrons. The van der Waals surface area contributed by atoms with E-state index in [4.69, 9.17) is 0 Å². The standard InChI is InChI=1S/C19H17F2N3O3S2/c20-14-3-1-13(2-4-14)11-22-18(25)10-7-16-12-28-19(23-16)24-29(26,27)17-8-5-15(21)6-9-17/h1-6,8-9,12H,7,10-11H2,(H,22,25)(H,23,24). The van der Waals surface area contributed by atoms with Crippen molar-refractivity contribution in [3.8, 4) is 0 Å². The van der Waals surface area contributed by atoms with E-state index in [2.05, 4.69) is 15.0 Å². The van der Waals surface area contributed by atoms with Gasteiger partial charge in [0.1, 0.15) is 11.6 Å². The summed E-state index contributed by atoms with van der Waals surface area (Å²) in [6, 6.07) is 10.3. The number of halogens is 2. The molecule has 0 saturated carbocycles. The lowest BCUT2D eigenvalue weighted by atomic mass is 10.2. The van der Waals surface area contributed by atoms with Gasteiger partial charge in [-0.15, -0.1) is 11.3 Å². The normalized spacial score (nSPS) is 11.2. The zero-order valence-corrected chi connectivity index (χ0v) is 16.7. The van der Waals surface area contributed by atoms with Crippen LogP contribution in [0.3, 0.4) is 0 Å². The van der Waals surface area contributed by atoms with E-state index in [1.54, 1.807) is 17.5 Å². The number of nitrogens with zero attached hydrogens (tertiary/aromatic N) is 1. The minimum Gasteiger partial charge on any atom is -0.352 e. The number of aryl methyl sites for hydroxylation is 1. The summed E-state index contributed by atoms with van der Waals surface area (Å²) in [6.07, 6.45) is 0.513. The quantitative estimate of drug-likeness (QED) is 0.565. The van der Waals surface area contributed by atoms with Gasteiger partial charge >= 0.3 is 0 Å². The number of anilines is 1. The van der Waals surface area contributed by atoms with Crippen molar-refractivity contribution >= 4 is 32.4 Å². The van der Waals surface area contributed by atoms with E-state index >= 15 is 0 Å². The Bertz CT molecular complexity index is 1080. The molecule has 6 nitrogen and oxygen atoms in total. The van der Waals surface area contributed by atoms with Gasteiger partial charge in [0.2, 0.25) is 5.91 Å². The minimum atomic E-state index is -3.87. The fourth-order valence-electron chi connectivity index (χ4n) is 2.39. The van der Waals surface area contributed by atoms with Crippen molar-refractivity contribution in [3.63, 3.8) is 0 Å². The highest BCUT2D eigenvalue weighted by molar-refractivity contribution is 7.93. The Labute approximate surface area is 170 Å². The zero-order valence-electron chi connectivity index (χ0n) is 15.1. The fraction of sp³-hybridized carbons (Fsp3) is 0.158. The largest absolute Gasteiger partial charge is 0.352 e. The van der Waals surface area contributed by atoms with Crippen LogP contribution >= 0.6 is 11.3 Å². The molecule has 29 heavy (non-hydrogen) atoms. The van der Waals surface area contributed by atoms with Gasteiger partial charge in [0.25, 0.3) is 10.0 Å². The molecule has 1 aromatic heterocycles. The number of aromatic nitrogens is 1. The number of amides is 1. The van der Waals surface area contributed by atoms with E-state index in [-0.39, 0.29) is 28.2 Å².